The standard InChI is InChI=1S/C16H24N2O2/c1-16(2,3)17-15(20)18-10-8-13(9-11-18)12-4-6-14(19)7-5-12/h4-7,13,19H,8-11H2,1-3H3,(H,17,20). The van der Waals surface area contributed by atoms with E-state index in [1.165, 1.54) is 5.56 Å². The van der Waals surface area contributed by atoms with Gasteiger partial charge in [-0.25, -0.2) is 4.79 Å². The number of hydrogen-bond donors (Lipinski definition) is 2. The van der Waals surface area contributed by atoms with Gasteiger partial charge in [0, 0.05) is 18.6 Å². The summed E-state index contributed by atoms with van der Waals surface area (Å²) in [7, 11) is 0. The van der Waals surface area contributed by atoms with Crippen LogP contribution >= 0.6 is 0 Å². The van der Waals surface area contributed by atoms with Gasteiger partial charge in [-0.05, 0) is 57.2 Å². The molecule has 2 rings (SSSR count). The van der Waals surface area contributed by atoms with E-state index in [0.717, 1.165) is 25.9 Å². The summed E-state index contributed by atoms with van der Waals surface area (Å²) in [6, 6.07) is 7.44. The minimum Gasteiger partial charge on any atom is -0.508 e. The van der Waals surface area contributed by atoms with Crippen molar-refractivity contribution in [3.05, 3.63) is 29.8 Å². The Balaban J connectivity index is 1.89. The van der Waals surface area contributed by atoms with E-state index in [2.05, 4.69) is 5.32 Å². The molecule has 0 aliphatic carbocycles. The molecule has 1 saturated heterocycles. The first-order valence-corrected chi connectivity index (χ1v) is 7.21. The fourth-order valence-electron chi connectivity index (χ4n) is 2.56. The molecule has 0 radical (unpaired) electrons. The number of urea groups is 1. The number of piperidine rings is 1. The number of likely N-dealkylation sites (tertiary alicyclic amines) is 1. The van der Waals surface area contributed by atoms with E-state index >= 15 is 0 Å². The van der Waals surface area contributed by atoms with Crippen LogP contribution in [0.5, 0.6) is 5.75 Å². The molecule has 1 heterocycles. The summed E-state index contributed by atoms with van der Waals surface area (Å²) in [5.41, 5.74) is 1.06. The first-order valence-electron chi connectivity index (χ1n) is 7.21. The minimum atomic E-state index is -0.190. The molecule has 4 heteroatoms. The molecule has 0 saturated carbocycles. The van der Waals surface area contributed by atoms with Crippen molar-refractivity contribution in [3.8, 4) is 5.75 Å². The third-order valence-electron chi connectivity index (χ3n) is 3.63. The average molecular weight is 276 g/mol. The van der Waals surface area contributed by atoms with Crippen molar-refractivity contribution in [2.24, 2.45) is 0 Å². The normalized spacial score (nSPS) is 17.1. The molecule has 2 amide bonds. The van der Waals surface area contributed by atoms with Crippen molar-refractivity contribution < 1.29 is 9.90 Å². The largest absolute Gasteiger partial charge is 0.508 e. The lowest BCUT2D eigenvalue weighted by atomic mass is 9.89. The molecule has 1 aromatic rings. The summed E-state index contributed by atoms with van der Waals surface area (Å²) in [6.45, 7) is 7.55. The zero-order chi connectivity index (χ0) is 14.8. The number of carbonyl (C=O) groups is 1. The Morgan fingerprint density at radius 1 is 1.20 bits per heavy atom. The van der Waals surface area contributed by atoms with Gasteiger partial charge in [0.2, 0.25) is 0 Å². The highest BCUT2D eigenvalue weighted by atomic mass is 16.3. The number of nitrogens with one attached hydrogen (secondary N) is 1. The zero-order valence-electron chi connectivity index (χ0n) is 12.5. The lowest BCUT2D eigenvalue weighted by Crippen LogP contribution is -2.50. The fraction of sp³-hybridized carbons (Fsp3) is 0.562. The van der Waals surface area contributed by atoms with Crippen LogP contribution in [0.2, 0.25) is 0 Å². The van der Waals surface area contributed by atoms with Crippen molar-refractivity contribution in [2.75, 3.05) is 13.1 Å². The van der Waals surface area contributed by atoms with Crippen molar-refractivity contribution in [3.63, 3.8) is 0 Å². The van der Waals surface area contributed by atoms with Gasteiger partial charge in [-0.15, -0.1) is 0 Å². The van der Waals surface area contributed by atoms with E-state index in [1.54, 1.807) is 12.1 Å². The molecule has 0 spiro atoms. The Hall–Kier alpha value is -1.71. The van der Waals surface area contributed by atoms with Crippen molar-refractivity contribution in [1.82, 2.24) is 10.2 Å². The molecule has 0 bridgehead atoms. The van der Waals surface area contributed by atoms with Crippen LogP contribution in [0.25, 0.3) is 0 Å². The Morgan fingerprint density at radius 3 is 2.25 bits per heavy atom. The summed E-state index contributed by atoms with van der Waals surface area (Å²) in [5, 5.41) is 12.3. The Morgan fingerprint density at radius 2 is 1.75 bits per heavy atom. The Kier molecular flexibility index (Phi) is 4.21. The highest BCUT2D eigenvalue weighted by molar-refractivity contribution is 5.75. The topological polar surface area (TPSA) is 52.6 Å². The second-order valence-corrected chi connectivity index (χ2v) is 6.53. The lowest BCUT2D eigenvalue weighted by Gasteiger charge is -2.34. The second-order valence-electron chi connectivity index (χ2n) is 6.53. The van der Waals surface area contributed by atoms with Crippen LogP contribution in [0, 0.1) is 0 Å². The van der Waals surface area contributed by atoms with E-state index in [9.17, 15) is 9.90 Å². The molecule has 110 valence electrons. The summed E-state index contributed by atoms with van der Waals surface area (Å²) in [6.07, 6.45) is 1.95. The van der Waals surface area contributed by atoms with Crippen LogP contribution in [0.15, 0.2) is 24.3 Å². The van der Waals surface area contributed by atoms with Crippen LogP contribution in [0.3, 0.4) is 0 Å². The van der Waals surface area contributed by atoms with Crippen LogP contribution in [-0.4, -0.2) is 34.7 Å². The monoisotopic (exact) mass is 276 g/mol. The van der Waals surface area contributed by atoms with Gasteiger partial charge < -0.3 is 15.3 Å². The smallest absolute Gasteiger partial charge is 0.317 e. The Labute approximate surface area is 120 Å². The number of nitrogens with zero attached hydrogens (tertiary/aromatic N) is 1. The molecule has 1 aliphatic rings. The fourth-order valence-corrected chi connectivity index (χ4v) is 2.56. The lowest BCUT2D eigenvalue weighted by molar-refractivity contribution is 0.173. The van der Waals surface area contributed by atoms with E-state index < -0.39 is 0 Å². The van der Waals surface area contributed by atoms with E-state index in [4.69, 9.17) is 0 Å². The van der Waals surface area contributed by atoms with Crippen LogP contribution in [0.1, 0.15) is 45.1 Å². The SMILES string of the molecule is CC(C)(C)NC(=O)N1CCC(c2ccc(O)cc2)CC1. The molecule has 4 nitrogen and oxygen atoms in total. The quantitative estimate of drug-likeness (QED) is 0.828. The predicted molar refractivity (Wildman–Crippen MR) is 79.9 cm³/mol. The minimum absolute atomic E-state index is 0.0293. The molecular formula is C16H24N2O2. The summed E-state index contributed by atoms with van der Waals surface area (Å²) < 4.78 is 0. The number of carbonyl (C=O) groups excluding carboxylic acids is 1. The second kappa shape index (κ2) is 5.73. The molecule has 1 fully saturated rings. The number of amides is 2. The van der Waals surface area contributed by atoms with Gasteiger partial charge in [-0.3, -0.25) is 0 Å². The van der Waals surface area contributed by atoms with Crippen molar-refractivity contribution >= 4 is 6.03 Å². The number of aromatic hydroxyl groups is 1. The van der Waals surface area contributed by atoms with Crippen molar-refractivity contribution in [1.29, 1.82) is 0 Å². The van der Waals surface area contributed by atoms with Gasteiger partial charge in [0.05, 0.1) is 0 Å². The van der Waals surface area contributed by atoms with Crippen LogP contribution in [0.4, 0.5) is 4.79 Å². The number of rotatable bonds is 1. The average Bonchev–Trinajstić information content (AvgIpc) is 2.38. The molecule has 1 aliphatic heterocycles. The number of phenols is 1. The maximum atomic E-state index is 12.1. The van der Waals surface area contributed by atoms with Gasteiger partial charge in [-0.1, -0.05) is 12.1 Å². The highest BCUT2D eigenvalue weighted by Crippen LogP contribution is 2.29. The third kappa shape index (κ3) is 3.89. The van der Waals surface area contributed by atoms with E-state index in [0.29, 0.717) is 11.7 Å². The zero-order valence-corrected chi connectivity index (χ0v) is 12.5. The van der Waals surface area contributed by atoms with Gasteiger partial charge in [-0.2, -0.15) is 0 Å². The first-order chi connectivity index (χ1) is 9.35. The summed E-state index contributed by atoms with van der Waals surface area (Å²) >= 11 is 0. The Bertz CT molecular complexity index is 454. The molecule has 0 unspecified atom stereocenters. The molecule has 1 aromatic carbocycles. The maximum Gasteiger partial charge on any atom is 0.317 e. The van der Waals surface area contributed by atoms with Crippen LogP contribution < -0.4 is 5.32 Å². The highest BCUT2D eigenvalue weighted by Gasteiger charge is 2.25. The summed E-state index contributed by atoms with van der Waals surface area (Å²) in [4.78, 5) is 14.0. The van der Waals surface area contributed by atoms with Crippen molar-refractivity contribution in [2.45, 2.75) is 45.1 Å². The molecule has 2 N–H and O–H groups in total. The third-order valence-corrected chi connectivity index (χ3v) is 3.63. The molecular weight excluding hydrogens is 252 g/mol. The number of hydrogen-bond acceptors (Lipinski definition) is 2. The summed E-state index contributed by atoms with van der Waals surface area (Å²) in [5.74, 6) is 0.782. The molecule has 20 heavy (non-hydrogen) atoms. The van der Waals surface area contributed by atoms with E-state index in [1.807, 2.05) is 37.8 Å². The first kappa shape index (κ1) is 14.7. The predicted octanol–water partition coefficient (Wildman–Crippen LogP) is 3.08. The van der Waals surface area contributed by atoms with Gasteiger partial charge >= 0.3 is 6.03 Å². The van der Waals surface area contributed by atoms with E-state index in [-0.39, 0.29) is 11.6 Å². The molecule has 0 aromatic heterocycles. The van der Waals surface area contributed by atoms with Crippen LogP contribution in [-0.2, 0) is 0 Å². The number of benzene rings is 1. The maximum absolute atomic E-state index is 12.1. The molecule has 0 atom stereocenters. The van der Waals surface area contributed by atoms with Gasteiger partial charge in [0.15, 0.2) is 0 Å². The number of phenolic OH excluding ortho intramolecular Hbond substituents is 1. The van der Waals surface area contributed by atoms with Gasteiger partial charge in [0.25, 0.3) is 0 Å². The van der Waals surface area contributed by atoms with Gasteiger partial charge in [0.1, 0.15) is 5.75 Å².